The number of rotatable bonds is 4. The molecule has 1 aromatic heterocycles. The molecular formula is C16H21FN6O. The van der Waals surface area contributed by atoms with E-state index in [1.54, 1.807) is 16.8 Å². The van der Waals surface area contributed by atoms with Gasteiger partial charge in [-0.15, -0.1) is 5.10 Å². The van der Waals surface area contributed by atoms with Gasteiger partial charge in [-0.3, -0.25) is 9.69 Å². The van der Waals surface area contributed by atoms with Gasteiger partial charge < -0.3 is 4.90 Å². The summed E-state index contributed by atoms with van der Waals surface area (Å²) < 4.78 is 14.7. The summed E-state index contributed by atoms with van der Waals surface area (Å²) in [7, 11) is 0. The van der Waals surface area contributed by atoms with Crippen LogP contribution in [0.4, 0.5) is 4.39 Å². The van der Waals surface area contributed by atoms with Gasteiger partial charge in [0.1, 0.15) is 5.82 Å². The van der Waals surface area contributed by atoms with Crippen molar-refractivity contribution in [2.45, 2.75) is 20.4 Å². The summed E-state index contributed by atoms with van der Waals surface area (Å²) >= 11 is 0. The third kappa shape index (κ3) is 3.59. The van der Waals surface area contributed by atoms with E-state index in [0.717, 1.165) is 31.9 Å². The Labute approximate surface area is 140 Å². The third-order valence-electron chi connectivity index (χ3n) is 4.15. The van der Waals surface area contributed by atoms with Crippen molar-refractivity contribution in [1.82, 2.24) is 30.0 Å². The molecule has 24 heavy (non-hydrogen) atoms. The van der Waals surface area contributed by atoms with Crippen LogP contribution < -0.4 is 0 Å². The van der Waals surface area contributed by atoms with E-state index in [1.165, 1.54) is 12.1 Å². The highest BCUT2D eigenvalue weighted by molar-refractivity contribution is 5.78. The van der Waals surface area contributed by atoms with Crippen molar-refractivity contribution >= 4 is 5.91 Å². The van der Waals surface area contributed by atoms with E-state index in [-0.39, 0.29) is 17.6 Å². The van der Waals surface area contributed by atoms with Gasteiger partial charge in [-0.05, 0) is 34.7 Å². The zero-order chi connectivity index (χ0) is 17.1. The first-order valence-electron chi connectivity index (χ1n) is 8.09. The Morgan fingerprint density at radius 2 is 1.83 bits per heavy atom. The molecule has 0 aliphatic carbocycles. The highest BCUT2D eigenvalue weighted by Gasteiger charge is 2.24. The van der Waals surface area contributed by atoms with Crippen molar-refractivity contribution < 1.29 is 9.18 Å². The number of carbonyl (C=O) groups is 1. The first-order chi connectivity index (χ1) is 11.5. The number of hydrogen-bond donors (Lipinski definition) is 0. The van der Waals surface area contributed by atoms with E-state index in [1.807, 2.05) is 18.7 Å². The average Bonchev–Trinajstić information content (AvgIpc) is 3.03. The molecule has 0 N–H and O–H groups in total. The standard InChI is InChI=1S/C16H21FN6O/c1-12(2)16(24)22-9-7-21(8-10-22)11-15-18-19-20-23(15)14-5-3-13(17)4-6-14/h3-6,12H,7-11H2,1-2H3. The zero-order valence-corrected chi connectivity index (χ0v) is 13.9. The maximum Gasteiger partial charge on any atom is 0.225 e. The molecule has 3 rings (SSSR count). The molecule has 0 atom stereocenters. The summed E-state index contributed by atoms with van der Waals surface area (Å²) in [6, 6.07) is 6.07. The van der Waals surface area contributed by atoms with Crippen LogP contribution in [0.2, 0.25) is 0 Å². The molecule has 8 heteroatoms. The number of benzene rings is 1. The molecule has 2 heterocycles. The van der Waals surface area contributed by atoms with Crippen LogP contribution in [0.3, 0.4) is 0 Å². The fourth-order valence-electron chi connectivity index (χ4n) is 2.78. The average molecular weight is 332 g/mol. The van der Waals surface area contributed by atoms with Gasteiger partial charge in [0.25, 0.3) is 0 Å². The van der Waals surface area contributed by atoms with Crippen LogP contribution in [0.15, 0.2) is 24.3 Å². The SMILES string of the molecule is CC(C)C(=O)N1CCN(Cc2nnnn2-c2ccc(F)cc2)CC1. The van der Waals surface area contributed by atoms with Crippen LogP contribution in [0.25, 0.3) is 5.69 Å². The number of piperazine rings is 1. The van der Waals surface area contributed by atoms with E-state index >= 15 is 0 Å². The lowest BCUT2D eigenvalue weighted by Crippen LogP contribution is -2.49. The van der Waals surface area contributed by atoms with E-state index in [9.17, 15) is 9.18 Å². The molecule has 0 saturated carbocycles. The van der Waals surface area contributed by atoms with Gasteiger partial charge in [-0.2, -0.15) is 4.68 Å². The molecule has 2 aromatic rings. The molecule has 0 unspecified atom stereocenters. The van der Waals surface area contributed by atoms with E-state index < -0.39 is 0 Å². The Kier molecular flexibility index (Phi) is 4.84. The largest absolute Gasteiger partial charge is 0.340 e. The summed E-state index contributed by atoms with van der Waals surface area (Å²) in [4.78, 5) is 16.2. The van der Waals surface area contributed by atoms with Gasteiger partial charge in [0.15, 0.2) is 5.82 Å². The molecule has 7 nitrogen and oxygen atoms in total. The maximum absolute atomic E-state index is 13.1. The van der Waals surface area contributed by atoms with E-state index in [2.05, 4.69) is 20.4 Å². The Balaban J connectivity index is 1.63. The van der Waals surface area contributed by atoms with Gasteiger partial charge in [-0.1, -0.05) is 13.8 Å². The van der Waals surface area contributed by atoms with Crippen LogP contribution in [0.5, 0.6) is 0 Å². The fraction of sp³-hybridized carbons (Fsp3) is 0.500. The molecular weight excluding hydrogens is 311 g/mol. The molecule has 1 fully saturated rings. The molecule has 0 spiro atoms. The number of hydrogen-bond acceptors (Lipinski definition) is 5. The minimum atomic E-state index is -0.292. The minimum Gasteiger partial charge on any atom is -0.340 e. The Hall–Kier alpha value is -2.35. The first-order valence-corrected chi connectivity index (χ1v) is 8.09. The Morgan fingerprint density at radius 1 is 1.17 bits per heavy atom. The van der Waals surface area contributed by atoms with Crippen molar-refractivity contribution in [3.63, 3.8) is 0 Å². The summed E-state index contributed by atoms with van der Waals surface area (Å²) in [5.74, 6) is 0.637. The monoisotopic (exact) mass is 332 g/mol. The van der Waals surface area contributed by atoms with Crippen LogP contribution in [-0.4, -0.2) is 62.1 Å². The lowest BCUT2D eigenvalue weighted by molar-refractivity contribution is -0.136. The molecule has 1 amide bonds. The number of carbonyl (C=O) groups excluding carboxylic acids is 1. The van der Waals surface area contributed by atoms with Crippen LogP contribution in [0, 0.1) is 11.7 Å². The van der Waals surface area contributed by atoms with Gasteiger partial charge in [0.05, 0.1) is 12.2 Å². The molecule has 1 saturated heterocycles. The summed E-state index contributed by atoms with van der Waals surface area (Å²) in [6.07, 6.45) is 0. The van der Waals surface area contributed by atoms with Gasteiger partial charge in [-0.25, -0.2) is 4.39 Å². The minimum absolute atomic E-state index is 0.0299. The van der Waals surface area contributed by atoms with Crippen molar-refractivity contribution in [2.24, 2.45) is 5.92 Å². The third-order valence-corrected chi connectivity index (χ3v) is 4.15. The highest BCUT2D eigenvalue weighted by Crippen LogP contribution is 2.13. The van der Waals surface area contributed by atoms with Gasteiger partial charge in [0, 0.05) is 32.1 Å². The fourth-order valence-corrected chi connectivity index (χ4v) is 2.78. The summed E-state index contributed by atoms with van der Waals surface area (Å²) in [5.41, 5.74) is 0.727. The highest BCUT2D eigenvalue weighted by atomic mass is 19.1. The molecule has 0 radical (unpaired) electrons. The molecule has 1 aliphatic rings. The van der Waals surface area contributed by atoms with Crippen LogP contribution in [-0.2, 0) is 11.3 Å². The molecule has 1 aromatic carbocycles. The second kappa shape index (κ2) is 7.04. The predicted molar refractivity (Wildman–Crippen MR) is 85.8 cm³/mol. The van der Waals surface area contributed by atoms with Crippen molar-refractivity contribution in [3.05, 3.63) is 35.9 Å². The topological polar surface area (TPSA) is 67.2 Å². The smallest absolute Gasteiger partial charge is 0.225 e. The quantitative estimate of drug-likeness (QED) is 0.839. The van der Waals surface area contributed by atoms with E-state index in [4.69, 9.17) is 0 Å². The normalized spacial score (nSPS) is 15.9. The second-order valence-corrected chi connectivity index (χ2v) is 6.24. The molecule has 1 aliphatic heterocycles. The number of aromatic nitrogens is 4. The lowest BCUT2D eigenvalue weighted by atomic mass is 10.1. The van der Waals surface area contributed by atoms with Crippen LogP contribution in [0.1, 0.15) is 19.7 Å². The predicted octanol–water partition coefficient (Wildman–Crippen LogP) is 1.10. The number of halogens is 1. The zero-order valence-electron chi connectivity index (χ0n) is 13.9. The molecule has 128 valence electrons. The summed E-state index contributed by atoms with van der Waals surface area (Å²) in [6.45, 7) is 7.44. The number of nitrogens with zero attached hydrogens (tertiary/aromatic N) is 6. The Morgan fingerprint density at radius 3 is 2.46 bits per heavy atom. The van der Waals surface area contributed by atoms with Crippen LogP contribution >= 0.6 is 0 Å². The lowest BCUT2D eigenvalue weighted by Gasteiger charge is -2.35. The number of tetrazole rings is 1. The van der Waals surface area contributed by atoms with Gasteiger partial charge >= 0.3 is 0 Å². The second-order valence-electron chi connectivity index (χ2n) is 6.24. The maximum atomic E-state index is 13.1. The van der Waals surface area contributed by atoms with Crippen molar-refractivity contribution in [3.8, 4) is 5.69 Å². The number of amides is 1. The van der Waals surface area contributed by atoms with Crippen molar-refractivity contribution in [1.29, 1.82) is 0 Å². The van der Waals surface area contributed by atoms with E-state index in [0.29, 0.717) is 12.4 Å². The Bertz CT molecular complexity index is 691. The summed E-state index contributed by atoms with van der Waals surface area (Å²) in [5, 5.41) is 11.8. The van der Waals surface area contributed by atoms with Crippen molar-refractivity contribution in [2.75, 3.05) is 26.2 Å². The van der Waals surface area contributed by atoms with Gasteiger partial charge in [0.2, 0.25) is 5.91 Å². The first kappa shape index (κ1) is 16.5. The molecule has 0 bridgehead atoms.